The number of carbonyl (C=O) groups excluding carboxylic acids is 1. The zero-order chi connectivity index (χ0) is 20.0. The van der Waals surface area contributed by atoms with Gasteiger partial charge in [0, 0.05) is 0 Å². The normalized spacial score (nSPS) is 17.5. The van der Waals surface area contributed by atoms with E-state index >= 15 is 0 Å². The van der Waals surface area contributed by atoms with Crippen LogP contribution in [0.25, 0.3) is 0 Å². The average molecular weight is 490 g/mol. The van der Waals surface area contributed by atoms with Crippen molar-refractivity contribution >= 4 is 27.9 Å². The molecule has 1 aromatic carbocycles. The van der Waals surface area contributed by atoms with Crippen LogP contribution in [0.4, 0.5) is 0 Å². The van der Waals surface area contributed by atoms with E-state index in [4.69, 9.17) is 0 Å². The second-order valence-corrected chi connectivity index (χ2v) is 22.4. The van der Waals surface area contributed by atoms with Gasteiger partial charge in [-0.3, -0.25) is 0 Å². The van der Waals surface area contributed by atoms with Crippen LogP contribution in [0.3, 0.4) is 0 Å². The van der Waals surface area contributed by atoms with Crippen molar-refractivity contribution < 1.29 is 4.79 Å². The molecule has 0 aromatic heterocycles. The van der Waals surface area contributed by atoms with Crippen molar-refractivity contribution in [3.8, 4) is 0 Å². The Morgan fingerprint density at radius 3 is 2.04 bits per heavy atom. The van der Waals surface area contributed by atoms with E-state index in [9.17, 15) is 4.79 Å². The number of nitrogens with zero attached hydrogens (tertiary/aromatic N) is 1. The summed E-state index contributed by atoms with van der Waals surface area (Å²) in [7, 11) is 0. The molecule has 1 fully saturated rings. The minimum absolute atomic E-state index is 0.338. The van der Waals surface area contributed by atoms with Gasteiger partial charge in [-0.1, -0.05) is 0 Å². The molecule has 0 atom stereocenters. The molecule has 1 heterocycles. The number of unbranched alkanes of at least 4 members (excludes halogenated alkanes) is 3. The number of benzene rings is 1. The molecule has 2 nitrogen and oxygen atoms in total. The number of rotatable bonds is 11. The number of carbonyl (C=O) groups is 1. The summed E-state index contributed by atoms with van der Waals surface area (Å²) in [5.41, 5.74) is 2.54. The number of amides is 1. The zero-order valence-electron chi connectivity index (χ0n) is 18.6. The monoisotopic (exact) mass is 491 g/mol. The van der Waals surface area contributed by atoms with Crippen molar-refractivity contribution in [1.29, 1.82) is 0 Å². The molecule has 156 valence electrons. The molecule has 28 heavy (non-hydrogen) atoms. The Bertz CT molecular complexity index is 628. The van der Waals surface area contributed by atoms with Gasteiger partial charge in [0.2, 0.25) is 0 Å². The van der Waals surface area contributed by atoms with Gasteiger partial charge in [0.25, 0.3) is 0 Å². The first-order valence-electron chi connectivity index (χ1n) is 12.1. The second kappa shape index (κ2) is 10.5. The minimum atomic E-state index is -2.51. The van der Waals surface area contributed by atoms with E-state index in [1.807, 2.05) is 0 Å². The molecule has 1 aromatic rings. The zero-order valence-corrected chi connectivity index (χ0v) is 21.4. The molecule has 0 unspecified atom stereocenters. The predicted molar refractivity (Wildman–Crippen MR) is 123 cm³/mol. The Labute approximate surface area is 177 Å². The number of fused-ring (bicyclic) bond motifs is 1. The predicted octanol–water partition coefficient (Wildman–Crippen LogP) is 6.64. The molecule has 1 amide bonds. The van der Waals surface area contributed by atoms with E-state index in [0.29, 0.717) is 11.9 Å². The van der Waals surface area contributed by atoms with Crippen LogP contribution in [0.2, 0.25) is 13.3 Å². The summed E-state index contributed by atoms with van der Waals surface area (Å²) in [5, 5.41) is 0. The molecule has 0 radical (unpaired) electrons. The van der Waals surface area contributed by atoms with Gasteiger partial charge in [-0.15, -0.1) is 0 Å². The van der Waals surface area contributed by atoms with Crippen molar-refractivity contribution in [1.82, 2.24) is 4.90 Å². The van der Waals surface area contributed by atoms with E-state index in [1.54, 1.807) is 3.58 Å². The van der Waals surface area contributed by atoms with Crippen LogP contribution in [-0.2, 0) is 6.54 Å². The fraction of sp³-hybridized carbons (Fsp3) is 0.720. The van der Waals surface area contributed by atoms with Crippen LogP contribution >= 0.6 is 0 Å². The summed E-state index contributed by atoms with van der Waals surface area (Å²) in [6, 6.07) is 7.33. The van der Waals surface area contributed by atoms with Gasteiger partial charge in [0.1, 0.15) is 0 Å². The SMILES string of the molecule is CCC[CH2][Sn]([CH2]CCC)([CH2]CCC)[c]1cccc2c1CN(C1CCCC1)C2=O. The van der Waals surface area contributed by atoms with Crippen LogP contribution < -0.4 is 3.58 Å². The van der Waals surface area contributed by atoms with Gasteiger partial charge in [0.15, 0.2) is 0 Å². The van der Waals surface area contributed by atoms with Crippen molar-refractivity contribution in [2.45, 2.75) is 111 Å². The summed E-state index contributed by atoms with van der Waals surface area (Å²) < 4.78 is 6.19. The van der Waals surface area contributed by atoms with E-state index in [-0.39, 0.29) is 0 Å². The van der Waals surface area contributed by atoms with Gasteiger partial charge < -0.3 is 0 Å². The Morgan fingerprint density at radius 1 is 0.929 bits per heavy atom. The topological polar surface area (TPSA) is 20.3 Å². The average Bonchev–Trinajstić information content (AvgIpc) is 3.36. The Morgan fingerprint density at radius 2 is 1.50 bits per heavy atom. The first-order chi connectivity index (χ1) is 13.7. The molecule has 1 aliphatic heterocycles. The maximum atomic E-state index is 13.3. The molecule has 0 saturated heterocycles. The Kier molecular flexibility index (Phi) is 8.32. The maximum absolute atomic E-state index is 13.3. The Balaban J connectivity index is 1.98. The van der Waals surface area contributed by atoms with Gasteiger partial charge in [-0.25, -0.2) is 0 Å². The molecule has 0 bridgehead atoms. The van der Waals surface area contributed by atoms with Crippen LogP contribution in [0.5, 0.6) is 0 Å². The number of hydrogen-bond donors (Lipinski definition) is 0. The fourth-order valence-electron chi connectivity index (χ4n) is 5.69. The molecular weight excluding hydrogens is 449 g/mol. The van der Waals surface area contributed by atoms with Crippen molar-refractivity contribution in [2.75, 3.05) is 0 Å². The molecule has 0 N–H and O–H groups in total. The molecule has 1 aliphatic carbocycles. The van der Waals surface area contributed by atoms with E-state index < -0.39 is 18.4 Å². The number of hydrogen-bond acceptors (Lipinski definition) is 1. The molecular formula is C25H41NOSn. The van der Waals surface area contributed by atoms with Crippen molar-refractivity contribution in [2.24, 2.45) is 0 Å². The van der Waals surface area contributed by atoms with Crippen LogP contribution in [0.1, 0.15) is 101 Å². The van der Waals surface area contributed by atoms with Crippen LogP contribution in [-0.4, -0.2) is 35.2 Å². The van der Waals surface area contributed by atoms with E-state index in [2.05, 4.69) is 43.9 Å². The third kappa shape index (κ3) is 4.63. The van der Waals surface area contributed by atoms with Crippen LogP contribution in [0, 0.1) is 0 Å². The molecule has 3 heteroatoms. The molecule has 2 aliphatic rings. The van der Waals surface area contributed by atoms with Gasteiger partial charge in [0.05, 0.1) is 0 Å². The van der Waals surface area contributed by atoms with E-state index in [0.717, 1.165) is 12.1 Å². The summed E-state index contributed by atoms with van der Waals surface area (Å²) in [6.07, 6.45) is 13.1. The third-order valence-corrected chi connectivity index (χ3v) is 23.2. The quantitative estimate of drug-likeness (QED) is 0.319. The van der Waals surface area contributed by atoms with Crippen molar-refractivity contribution in [3.05, 3.63) is 29.3 Å². The van der Waals surface area contributed by atoms with E-state index in [1.165, 1.54) is 83.1 Å². The Hall–Kier alpha value is -0.511. The summed E-state index contributed by atoms with van der Waals surface area (Å²) >= 11 is -2.51. The summed E-state index contributed by atoms with van der Waals surface area (Å²) in [4.78, 5) is 15.5. The first-order valence-corrected chi connectivity index (χ1v) is 19.6. The third-order valence-electron chi connectivity index (χ3n) is 7.36. The van der Waals surface area contributed by atoms with Gasteiger partial charge >= 0.3 is 178 Å². The fourth-order valence-corrected chi connectivity index (χ4v) is 22.7. The summed E-state index contributed by atoms with van der Waals surface area (Å²) in [5.74, 6) is 0.338. The van der Waals surface area contributed by atoms with Crippen LogP contribution in [0.15, 0.2) is 18.2 Å². The van der Waals surface area contributed by atoms with Crippen molar-refractivity contribution in [3.63, 3.8) is 0 Å². The molecule has 3 rings (SSSR count). The standard InChI is InChI=1S/C13H14NO.3C4H9.Sn/c15-13-12-8-4-1-5-10(12)9-14(13)11-6-2-3-7-11;3*1-3-4-2;/h1,4,8,11H,2-3,6-7,9H2;3*1,3-4H2,2H3;. The second-order valence-electron chi connectivity index (χ2n) is 9.29. The first kappa shape index (κ1) is 22.2. The molecule has 1 saturated carbocycles. The molecule has 0 spiro atoms. The van der Waals surface area contributed by atoms with Gasteiger partial charge in [-0.2, -0.15) is 0 Å². The summed E-state index contributed by atoms with van der Waals surface area (Å²) in [6.45, 7) is 7.95. The van der Waals surface area contributed by atoms with Gasteiger partial charge in [-0.05, 0) is 0 Å².